The van der Waals surface area contributed by atoms with Crippen LogP contribution < -0.4 is 15.4 Å². The molecule has 13 heteroatoms. The van der Waals surface area contributed by atoms with Crippen LogP contribution in [0, 0.1) is 5.92 Å². The summed E-state index contributed by atoms with van der Waals surface area (Å²) in [4.78, 5) is 67.2. The number of esters is 1. The van der Waals surface area contributed by atoms with Crippen LogP contribution in [0.3, 0.4) is 0 Å². The molecule has 51 heavy (non-hydrogen) atoms. The fraction of sp³-hybridized carbons (Fsp3) is 0.526. The molecule has 0 radical (unpaired) electrons. The third kappa shape index (κ3) is 7.73. The van der Waals surface area contributed by atoms with Gasteiger partial charge in [0.2, 0.25) is 17.7 Å². The number of carbonyl (C=O) groups is 4. The van der Waals surface area contributed by atoms with Crippen molar-refractivity contribution in [3.8, 4) is 16.5 Å². The largest absolute Gasteiger partial charge is 0.471 e. The number of rotatable bonds is 7. The second-order valence-electron chi connectivity index (χ2n) is 13.9. The van der Waals surface area contributed by atoms with Gasteiger partial charge in [0, 0.05) is 12.3 Å². The Morgan fingerprint density at radius 3 is 2.55 bits per heavy atom. The second kappa shape index (κ2) is 15.4. The predicted molar refractivity (Wildman–Crippen MR) is 191 cm³/mol. The van der Waals surface area contributed by atoms with Gasteiger partial charge < -0.3 is 29.7 Å². The number of amides is 3. The molecule has 0 bridgehead atoms. The van der Waals surface area contributed by atoms with Crippen molar-refractivity contribution in [2.45, 2.75) is 107 Å². The van der Waals surface area contributed by atoms with Gasteiger partial charge in [0.15, 0.2) is 0 Å². The molecule has 270 valence electrons. The minimum Gasteiger partial charge on any atom is -0.471 e. The van der Waals surface area contributed by atoms with Crippen molar-refractivity contribution in [2.75, 3.05) is 13.2 Å². The van der Waals surface area contributed by atoms with E-state index in [1.807, 2.05) is 47.9 Å². The zero-order valence-corrected chi connectivity index (χ0v) is 29.7. The Bertz CT molecular complexity index is 1780. The average molecular weight is 716 g/mol. The molecule has 0 spiro atoms. The van der Waals surface area contributed by atoms with E-state index in [1.54, 1.807) is 6.92 Å². The van der Waals surface area contributed by atoms with Crippen LogP contribution in [-0.4, -0.2) is 81.7 Å². The van der Waals surface area contributed by atoms with Gasteiger partial charge in [-0.3, -0.25) is 9.59 Å². The Balaban J connectivity index is 1.19. The van der Waals surface area contributed by atoms with Gasteiger partial charge in [-0.1, -0.05) is 43.2 Å². The number of benzene rings is 1. The first-order chi connectivity index (χ1) is 24.8. The number of nitrogens with one attached hydrogen (secondary N) is 2. The Morgan fingerprint density at radius 2 is 1.78 bits per heavy atom. The van der Waals surface area contributed by atoms with Crippen LogP contribution in [0.1, 0.15) is 77.6 Å². The zero-order valence-electron chi connectivity index (χ0n) is 28.9. The molecule has 1 unspecified atom stereocenters. The van der Waals surface area contributed by atoms with E-state index in [9.17, 15) is 19.2 Å². The smallest absolute Gasteiger partial charge is 0.408 e. The maximum Gasteiger partial charge on any atom is 0.408 e. The summed E-state index contributed by atoms with van der Waals surface area (Å²) in [5, 5.41) is 7.81. The lowest BCUT2D eigenvalue weighted by atomic mass is 10.0. The van der Waals surface area contributed by atoms with Crippen LogP contribution in [0.25, 0.3) is 21.6 Å². The summed E-state index contributed by atoms with van der Waals surface area (Å²) in [7, 11) is 0. The van der Waals surface area contributed by atoms with Crippen LogP contribution in [-0.2, 0) is 23.9 Å². The maximum atomic E-state index is 14.5. The molecule has 2 aromatic heterocycles. The normalized spacial score (nSPS) is 27.7. The number of hydrogen-bond acceptors (Lipinski definition) is 10. The van der Waals surface area contributed by atoms with Crippen LogP contribution >= 0.6 is 11.3 Å². The molecule has 3 fully saturated rings. The molecule has 4 aliphatic rings. The van der Waals surface area contributed by atoms with Crippen molar-refractivity contribution in [3.63, 3.8) is 0 Å². The minimum absolute atomic E-state index is 0.0703. The van der Waals surface area contributed by atoms with E-state index in [0.29, 0.717) is 36.4 Å². The quantitative estimate of drug-likeness (QED) is 0.232. The number of nitrogens with zero attached hydrogens (tertiary/aromatic N) is 3. The summed E-state index contributed by atoms with van der Waals surface area (Å²) in [5.74, 6) is -1.24. The fourth-order valence-electron chi connectivity index (χ4n) is 7.52. The summed E-state index contributed by atoms with van der Waals surface area (Å²) in [6.07, 6.45) is 10.5. The molecule has 4 heterocycles. The molecule has 1 aromatic carbocycles. The highest BCUT2D eigenvalue weighted by atomic mass is 32.1. The Hall–Kier alpha value is -4.52. The van der Waals surface area contributed by atoms with Crippen molar-refractivity contribution in [1.29, 1.82) is 0 Å². The van der Waals surface area contributed by atoms with Gasteiger partial charge in [-0.25, -0.2) is 19.6 Å². The highest BCUT2D eigenvalue weighted by Gasteiger charge is 2.62. The number of alkyl carbamates (subject to hydrolysis) is 1. The van der Waals surface area contributed by atoms with E-state index >= 15 is 0 Å². The fourth-order valence-corrected chi connectivity index (χ4v) is 8.23. The Labute approximate surface area is 301 Å². The predicted octanol–water partition coefficient (Wildman–Crippen LogP) is 5.70. The topological polar surface area (TPSA) is 149 Å². The van der Waals surface area contributed by atoms with Crippen molar-refractivity contribution in [1.82, 2.24) is 25.5 Å². The Morgan fingerprint density at radius 1 is 1.00 bits per heavy atom. The van der Waals surface area contributed by atoms with Crippen molar-refractivity contribution in [2.24, 2.45) is 5.92 Å². The molecule has 3 aromatic rings. The number of para-hydroxylation sites is 2. The summed E-state index contributed by atoms with van der Waals surface area (Å²) in [6, 6.07) is 9.54. The van der Waals surface area contributed by atoms with Gasteiger partial charge >= 0.3 is 12.1 Å². The molecular formula is C38H45N5O7S. The number of carbonyl (C=O) groups excluding carboxylic acids is 4. The first-order valence-corrected chi connectivity index (χ1v) is 19.1. The van der Waals surface area contributed by atoms with Gasteiger partial charge in [0.1, 0.15) is 35.5 Å². The third-order valence-electron chi connectivity index (χ3n) is 10.3. The van der Waals surface area contributed by atoms with Crippen molar-refractivity contribution in [3.05, 3.63) is 53.9 Å². The highest BCUT2D eigenvalue weighted by Crippen LogP contribution is 2.46. The third-order valence-corrected chi connectivity index (χ3v) is 11.2. The van der Waals surface area contributed by atoms with Gasteiger partial charge in [0.05, 0.1) is 29.1 Å². The van der Waals surface area contributed by atoms with E-state index in [4.69, 9.17) is 24.2 Å². The SMILES string of the molecule is CCOC(=O)[C@@]12CC1/C=C\CCCCC[C@H](NC(=O)OC1CCCC1)C(=O)N1C[C@H](Oc3nc4ccccc4nc3-c3cccs3)C[C@H]1C(=O)N2. The lowest BCUT2D eigenvalue weighted by Gasteiger charge is -2.29. The highest BCUT2D eigenvalue weighted by molar-refractivity contribution is 7.13. The van der Waals surface area contributed by atoms with Gasteiger partial charge in [-0.15, -0.1) is 11.3 Å². The van der Waals surface area contributed by atoms with E-state index in [2.05, 4.69) is 16.7 Å². The maximum absolute atomic E-state index is 14.5. The van der Waals surface area contributed by atoms with E-state index < -0.39 is 47.6 Å². The van der Waals surface area contributed by atoms with Gasteiger partial charge in [0.25, 0.3) is 0 Å². The van der Waals surface area contributed by atoms with Crippen LogP contribution in [0.2, 0.25) is 0 Å². The standard InChI is InChI=1S/C38H45N5O7S/c1-2-48-36(46)38-22-24(38)13-6-4-3-5-7-18-29(41-37(47)50-25-14-8-9-15-25)35(45)43-23-26(21-30(43)33(44)42-38)49-34-32(31-19-12-20-51-31)39-27-16-10-11-17-28(27)40-34/h6,10-13,16-17,19-20,24-26,29-30H,2-5,7-9,14-15,18,21-23H2,1H3,(H,41,47)(H,42,44)/b13-6-/t24?,26-,29+,30+,38-/m1/s1. The second-order valence-corrected chi connectivity index (χ2v) is 14.8. The van der Waals surface area contributed by atoms with Crippen molar-refractivity contribution < 1.29 is 33.4 Å². The minimum atomic E-state index is -1.20. The van der Waals surface area contributed by atoms with E-state index in [1.165, 1.54) is 16.2 Å². The number of hydrogen-bond donors (Lipinski definition) is 2. The van der Waals surface area contributed by atoms with Crippen LogP contribution in [0.4, 0.5) is 4.79 Å². The summed E-state index contributed by atoms with van der Waals surface area (Å²) < 4.78 is 17.7. The monoisotopic (exact) mass is 715 g/mol. The zero-order chi connectivity index (χ0) is 35.4. The Kier molecular flexibility index (Phi) is 10.5. The molecule has 2 saturated carbocycles. The summed E-state index contributed by atoms with van der Waals surface area (Å²) in [5.41, 5.74) is 0.754. The number of thiophene rings is 1. The van der Waals surface area contributed by atoms with Crippen molar-refractivity contribution >= 4 is 46.2 Å². The molecule has 7 rings (SSSR count). The molecular weight excluding hydrogens is 671 g/mol. The van der Waals surface area contributed by atoms with Gasteiger partial charge in [-0.05, 0) is 81.9 Å². The lowest BCUT2D eigenvalue weighted by Crippen LogP contribution is -2.56. The molecule has 5 atom stereocenters. The molecule has 2 N–H and O–H groups in total. The van der Waals surface area contributed by atoms with Crippen LogP contribution in [0.5, 0.6) is 5.88 Å². The number of ether oxygens (including phenoxy) is 3. The number of aromatic nitrogens is 2. The van der Waals surface area contributed by atoms with Crippen LogP contribution in [0.15, 0.2) is 53.9 Å². The number of fused-ring (bicyclic) bond motifs is 3. The molecule has 3 amide bonds. The van der Waals surface area contributed by atoms with E-state index in [0.717, 1.165) is 55.3 Å². The van der Waals surface area contributed by atoms with E-state index in [-0.39, 0.29) is 31.6 Å². The molecule has 2 aliphatic heterocycles. The van der Waals surface area contributed by atoms with Gasteiger partial charge in [-0.2, -0.15) is 0 Å². The molecule has 1 saturated heterocycles. The average Bonchev–Trinajstić information content (AvgIpc) is 3.62. The molecule has 2 aliphatic carbocycles. The first-order valence-electron chi connectivity index (χ1n) is 18.3. The molecule has 12 nitrogen and oxygen atoms in total. The first kappa shape index (κ1) is 34.9. The number of allylic oxidation sites excluding steroid dienone is 1. The summed E-state index contributed by atoms with van der Waals surface area (Å²) in [6.45, 7) is 1.99. The lowest BCUT2D eigenvalue weighted by molar-refractivity contribution is -0.150. The summed E-state index contributed by atoms with van der Waals surface area (Å²) >= 11 is 1.51.